The first-order chi connectivity index (χ1) is 14.5. The largest absolute Gasteiger partial charge is 0.365 e. The third-order valence-corrected chi connectivity index (χ3v) is 7.62. The number of fused-ring (bicyclic) bond motifs is 1. The lowest BCUT2D eigenvalue weighted by molar-refractivity contribution is -0.117. The minimum absolute atomic E-state index is 0.0503. The van der Waals surface area contributed by atoms with E-state index in [-0.39, 0.29) is 5.91 Å². The highest BCUT2D eigenvalue weighted by Gasteiger charge is 2.28. The summed E-state index contributed by atoms with van der Waals surface area (Å²) < 4.78 is 0. The predicted octanol–water partition coefficient (Wildman–Crippen LogP) is 3.87. The molecule has 6 heteroatoms. The summed E-state index contributed by atoms with van der Waals surface area (Å²) in [6.45, 7) is 4.47. The van der Waals surface area contributed by atoms with E-state index < -0.39 is 5.91 Å². The smallest absolute Gasteiger partial charge is 0.251 e. The van der Waals surface area contributed by atoms with Crippen molar-refractivity contribution in [1.82, 2.24) is 4.90 Å². The number of carbonyl (C=O) groups is 2. The Labute approximate surface area is 182 Å². The first kappa shape index (κ1) is 21.1. The monoisotopic (exact) mass is 425 g/mol. The van der Waals surface area contributed by atoms with Crippen molar-refractivity contribution < 1.29 is 9.59 Å². The van der Waals surface area contributed by atoms with Crippen LogP contribution in [-0.4, -0.2) is 36.3 Å². The lowest BCUT2D eigenvalue weighted by Crippen LogP contribution is -2.39. The number of nitrogens with one attached hydrogen (secondary N) is 1. The minimum Gasteiger partial charge on any atom is -0.365 e. The number of piperidine rings is 1. The molecule has 0 bridgehead atoms. The Bertz CT molecular complexity index is 901. The van der Waals surface area contributed by atoms with Crippen LogP contribution in [0.15, 0.2) is 30.3 Å². The zero-order chi connectivity index (χ0) is 21.1. The van der Waals surface area contributed by atoms with Gasteiger partial charge in [0.05, 0.1) is 12.1 Å². The van der Waals surface area contributed by atoms with Crippen LogP contribution in [0.4, 0.5) is 5.00 Å². The quantitative estimate of drug-likeness (QED) is 0.738. The Kier molecular flexibility index (Phi) is 6.54. The normalized spacial score (nSPS) is 20.0. The summed E-state index contributed by atoms with van der Waals surface area (Å²) in [4.78, 5) is 28.2. The molecular formula is C24H31N3O2S. The van der Waals surface area contributed by atoms with E-state index in [4.69, 9.17) is 5.73 Å². The molecule has 1 saturated heterocycles. The Balaban J connectivity index is 1.32. The third-order valence-electron chi connectivity index (χ3n) is 6.45. The summed E-state index contributed by atoms with van der Waals surface area (Å²) in [5.41, 5.74) is 8.65. The Morgan fingerprint density at radius 3 is 2.60 bits per heavy atom. The average Bonchev–Trinajstić information content (AvgIpc) is 3.07. The van der Waals surface area contributed by atoms with Gasteiger partial charge in [-0.3, -0.25) is 14.5 Å². The maximum atomic E-state index is 12.7. The fourth-order valence-corrected chi connectivity index (χ4v) is 6.20. The highest BCUT2D eigenvalue weighted by molar-refractivity contribution is 7.17. The van der Waals surface area contributed by atoms with Crippen LogP contribution in [0.25, 0.3) is 0 Å². The van der Waals surface area contributed by atoms with Gasteiger partial charge in [-0.2, -0.15) is 0 Å². The molecule has 2 heterocycles. The molecule has 1 aromatic carbocycles. The molecule has 4 rings (SSSR count). The van der Waals surface area contributed by atoms with Gasteiger partial charge in [0, 0.05) is 4.88 Å². The van der Waals surface area contributed by atoms with Crippen molar-refractivity contribution in [3.63, 3.8) is 0 Å². The van der Waals surface area contributed by atoms with E-state index in [1.54, 1.807) is 0 Å². The Morgan fingerprint density at radius 2 is 1.90 bits per heavy atom. The molecule has 3 N–H and O–H groups in total. The summed E-state index contributed by atoms with van der Waals surface area (Å²) in [6, 6.07) is 10.6. The zero-order valence-corrected chi connectivity index (χ0v) is 18.5. The van der Waals surface area contributed by atoms with Crippen molar-refractivity contribution in [2.45, 2.75) is 45.4 Å². The van der Waals surface area contributed by atoms with E-state index in [9.17, 15) is 9.59 Å². The van der Waals surface area contributed by atoms with E-state index in [2.05, 4.69) is 47.5 Å². The number of primary amides is 1. The predicted molar refractivity (Wildman–Crippen MR) is 122 cm³/mol. The molecule has 1 aliphatic carbocycles. The fraction of sp³-hybridized carbons (Fsp3) is 0.500. The van der Waals surface area contributed by atoms with Crippen molar-refractivity contribution in [2.24, 2.45) is 17.6 Å². The summed E-state index contributed by atoms with van der Waals surface area (Å²) in [7, 11) is 0. The van der Waals surface area contributed by atoms with Gasteiger partial charge in [-0.1, -0.05) is 37.3 Å². The Morgan fingerprint density at radius 1 is 1.17 bits per heavy atom. The van der Waals surface area contributed by atoms with Gasteiger partial charge in [0.25, 0.3) is 5.91 Å². The van der Waals surface area contributed by atoms with E-state index >= 15 is 0 Å². The van der Waals surface area contributed by atoms with Gasteiger partial charge in [0.2, 0.25) is 5.91 Å². The molecule has 1 aromatic heterocycles. The van der Waals surface area contributed by atoms with E-state index in [0.717, 1.165) is 57.2 Å². The van der Waals surface area contributed by atoms with Gasteiger partial charge in [-0.25, -0.2) is 0 Å². The van der Waals surface area contributed by atoms with E-state index in [1.807, 2.05) is 0 Å². The first-order valence-corrected chi connectivity index (χ1v) is 11.8. The number of carbonyl (C=O) groups excluding carboxylic acids is 2. The summed E-state index contributed by atoms with van der Waals surface area (Å²) in [6.07, 6.45) is 6.23. The maximum absolute atomic E-state index is 12.7. The van der Waals surface area contributed by atoms with Crippen molar-refractivity contribution >= 4 is 28.2 Å². The molecule has 1 atom stereocenters. The van der Waals surface area contributed by atoms with Crippen molar-refractivity contribution in [3.05, 3.63) is 51.9 Å². The molecule has 160 valence electrons. The SMILES string of the molecule is CC1CCc2c(sc(NC(=O)CN3CCC(Cc4ccccc4)CC3)c2C(N)=O)C1. The molecule has 1 fully saturated rings. The number of rotatable bonds is 6. The number of benzene rings is 1. The fourth-order valence-electron chi connectivity index (χ4n) is 4.76. The van der Waals surface area contributed by atoms with Crippen LogP contribution >= 0.6 is 11.3 Å². The first-order valence-electron chi connectivity index (χ1n) is 11.0. The number of amides is 2. The average molecular weight is 426 g/mol. The molecule has 2 aliphatic rings. The molecule has 2 aromatic rings. The van der Waals surface area contributed by atoms with Gasteiger partial charge in [-0.15, -0.1) is 11.3 Å². The van der Waals surface area contributed by atoms with E-state index in [0.29, 0.717) is 28.9 Å². The number of anilines is 1. The molecule has 0 saturated carbocycles. The summed E-state index contributed by atoms with van der Waals surface area (Å²) >= 11 is 1.53. The number of hydrogen-bond acceptors (Lipinski definition) is 4. The second-order valence-electron chi connectivity index (χ2n) is 8.88. The van der Waals surface area contributed by atoms with Crippen molar-refractivity contribution in [3.8, 4) is 0 Å². The number of hydrogen-bond donors (Lipinski definition) is 2. The molecule has 0 radical (unpaired) electrons. The van der Waals surface area contributed by atoms with Gasteiger partial charge >= 0.3 is 0 Å². The summed E-state index contributed by atoms with van der Waals surface area (Å²) in [5, 5.41) is 3.64. The molecule has 5 nitrogen and oxygen atoms in total. The van der Waals surface area contributed by atoms with Crippen molar-refractivity contribution in [2.75, 3.05) is 25.0 Å². The van der Waals surface area contributed by atoms with Crippen LogP contribution in [0.1, 0.15) is 52.5 Å². The minimum atomic E-state index is -0.431. The van der Waals surface area contributed by atoms with Gasteiger partial charge < -0.3 is 11.1 Å². The molecular weight excluding hydrogens is 394 g/mol. The number of nitrogens with two attached hydrogens (primary N) is 1. The van der Waals surface area contributed by atoms with Crippen molar-refractivity contribution in [1.29, 1.82) is 0 Å². The second-order valence-corrected chi connectivity index (χ2v) is 9.98. The summed E-state index contributed by atoms with van der Waals surface area (Å²) in [5.74, 6) is 0.807. The second kappa shape index (κ2) is 9.31. The van der Waals surface area contributed by atoms with Crippen LogP contribution < -0.4 is 11.1 Å². The number of likely N-dealkylation sites (tertiary alicyclic amines) is 1. The lowest BCUT2D eigenvalue weighted by atomic mass is 9.88. The lowest BCUT2D eigenvalue weighted by Gasteiger charge is -2.31. The zero-order valence-electron chi connectivity index (χ0n) is 17.7. The van der Waals surface area contributed by atoms with Crippen LogP contribution in [0, 0.1) is 11.8 Å². The molecule has 30 heavy (non-hydrogen) atoms. The van der Waals surface area contributed by atoms with Gasteiger partial charge in [0.1, 0.15) is 5.00 Å². The molecule has 2 amide bonds. The topological polar surface area (TPSA) is 75.4 Å². The number of thiophene rings is 1. The van der Waals surface area contributed by atoms with Crippen LogP contribution in [0.2, 0.25) is 0 Å². The molecule has 1 aliphatic heterocycles. The number of nitrogens with zero attached hydrogens (tertiary/aromatic N) is 1. The van der Waals surface area contributed by atoms with Crippen LogP contribution in [-0.2, 0) is 24.1 Å². The third kappa shape index (κ3) is 4.93. The molecule has 0 spiro atoms. The molecule has 1 unspecified atom stereocenters. The standard InChI is InChI=1S/C24H31N3O2S/c1-16-7-8-19-20(13-16)30-24(22(19)23(25)29)26-21(28)15-27-11-9-18(10-12-27)14-17-5-3-2-4-6-17/h2-6,16,18H,7-15H2,1H3,(H2,25,29)(H,26,28). The maximum Gasteiger partial charge on any atom is 0.251 e. The van der Waals surface area contributed by atoms with E-state index in [1.165, 1.54) is 21.8 Å². The van der Waals surface area contributed by atoms with Crippen LogP contribution in [0.3, 0.4) is 0 Å². The highest BCUT2D eigenvalue weighted by Crippen LogP contribution is 2.39. The van der Waals surface area contributed by atoms with Crippen LogP contribution in [0.5, 0.6) is 0 Å². The van der Waals surface area contributed by atoms with Gasteiger partial charge in [-0.05, 0) is 74.6 Å². The highest BCUT2D eigenvalue weighted by atomic mass is 32.1. The van der Waals surface area contributed by atoms with Gasteiger partial charge in [0.15, 0.2) is 0 Å². The Hall–Kier alpha value is -2.18.